The Kier molecular flexibility index (Phi) is 5.09. The predicted molar refractivity (Wildman–Crippen MR) is 76.5 cm³/mol. The van der Waals surface area contributed by atoms with E-state index in [2.05, 4.69) is 15.6 Å². The highest BCUT2D eigenvalue weighted by Crippen LogP contribution is 2.20. The third kappa shape index (κ3) is 3.79. The first kappa shape index (κ1) is 14.5. The van der Waals surface area contributed by atoms with E-state index in [0.717, 1.165) is 18.7 Å². The first-order chi connectivity index (χ1) is 9.72. The van der Waals surface area contributed by atoms with E-state index in [1.807, 2.05) is 7.05 Å². The van der Waals surface area contributed by atoms with Gasteiger partial charge in [0.15, 0.2) is 5.58 Å². The lowest BCUT2D eigenvalue weighted by Crippen LogP contribution is -2.15. The molecule has 0 atom stereocenters. The maximum Gasteiger partial charge on any atom is 0.224 e. The lowest BCUT2D eigenvalue weighted by Gasteiger charge is -2.04. The zero-order valence-electron chi connectivity index (χ0n) is 11.7. The minimum absolute atomic E-state index is 0.000194. The number of oxazole rings is 1. The molecule has 108 valence electrons. The number of hydrogen-bond acceptors (Lipinski definition) is 5. The molecule has 0 spiro atoms. The van der Waals surface area contributed by atoms with Crippen molar-refractivity contribution >= 4 is 22.7 Å². The van der Waals surface area contributed by atoms with Crippen LogP contribution in [0.3, 0.4) is 0 Å². The van der Waals surface area contributed by atoms with Gasteiger partial charge in [0.25, 0.3) is 0 Å². The van der Waals surface area contributed by atoms with Gasteiger partial charge in [-0.3, -0.25) is 4.79 Å². The summed E-state index contributed by atoms with van der Waals surface area (Å²) >= 11 is 0. The van der Waals surface area contributed by atoms with Crippen molar-refractivity contribution in [1.82, 2.24) is 10.3 Å². The van der Waals surface area contributed by atoms with Crippen LogP contribution in [0.2, 0.25) is 0 Å². The third-order valence-corrected chi connectivity index (χ3v) is 2.81. The van der Waals surface area contributed by atoms with Gasteiger partial charge in [-0.25, -0.2) is 4.98 Å². The molecular formula is C14H19N3O3. The molecule has 6 heteroatoms. The number of hydrogen-bond donors (Lipinski definition) is 2. The molecule has 2 rings (SSSR count). The molecule has 20 heavy (non-hydrogen) atoms. The molecule has 0 unspecified atom stereocenters. The van der Waals surface area contributed by atoms with Crippen LogP contribution in [-0.2, 0) is 16.1 Å². The van der Waals surface area contributed by atoms with Crippen molar-refractivity contribution in [2.24, 2.45) is 0 Å². The molecule has 1 heterocycles. The van der Waals surface area contributed by atoms with E-state index >= 15 is 0 Å². The fraction of sp³-hybridized carbons (Fsp3) is 0.429. The van der Waals surface area contributed by atoms with Gasteiger partial charge in [-0.15, -0.1) is 0 Å². The monoisotopic (exact) mass is 277 g/mol. The second-order valence-electron chi connectivity index (χ2n) is 4.48. The van der Waals surface area contributed by atoms with Gasteiger partial charge in [0.2, 0.25) is 11.8 Å². The molecule has 6 nitrogen and oxygen atoms in total. The zero-order valence-corrected chi connectivity index (χ0v) is 11.7. The van der Waals surface area contributed by atoms with Crippen LogP contribution in [0.1, 0.15) is 18.7 Å². The molecule has 2 N–H and O–H groups in total. The molecule has 0 aliphatic rings. The number of rotatable bonds is 7. The van der Waals surface area contributed by atoms with Gasteiger partial charge < -0.3 is 19.8 Å². The Balaban J connectivity index is 2.01. The van der Waals surface area contributed by atoms with Crippen molar-refractivity contribution in [3.8, 4) is 0 Å². The van der Waals surface area contributed by atoms with Gasteiger partial charge in [-0.1, -0.05) is 0 Å². The van der Waals surface area contributed by atoms with Crippen molar-refractivity contribution in [2.45, 2.75) is 19.4 Å². The molecule has 2 aromatic rings. The van der Waals surface area contributed by atoms with E-state index < -0.39 is 0 Å². The number of methoxy groups -OCH3 is 1. The summed E-state index contributed by atoms with van der Waals surface area (Å²) in [7, 11) is 3.46. The van der Waals surface area contributed by atoms with Gasteiger partial charge >= 0.3 is 0 Å². The third-order valence-electron chi connectivity index (χ3n) is 2.81. The second-order valence-corrected chi connectivity index (χ2v) is 4.48. The van der Waals surface area contributed by atoms with Crippen LogP contribution in [0.4, 0.5) is 5.69 Å². The van der Waals surface area contributed by atoms with Crippen molar-refractivity contribution in [3.05, 3.63) is 24.1 Å². The van der Waals surface area contributed by atoms with Crippen LogP contribution in [0.25, 0.3) is 11.1 Å². The highest BCUT2D eigenvalue weighted by Gasteiger charge is 2.08. The fourth-order valence-corrected chi connectivity index (χ4v) is 1.89. The van der Waals surface area contributed by atoms with E-state index in [-0.39, 0.29) is 5.91 Å². The quantitative estimate of drug-likeness (QED) is 0.756. The van der Waals surface area contributed by atoms with Crippen LogP contribution in [0, 0.1) is 0 Å². The number of carbonyl (C=O) groups excluding carboxylic acids is 1. The highest BCUT2D eigenvalue weighted by molar-refractivity contribution is 5.92. The first-order valence-corrected chi connectivity index (χ1v) is 6.56. The lowest BCUT2D eigenvalue weighted by atomic mass is 10.2. The molecule has 0 aliphatic carbocycles. The Bertz CT molecular complexity index is 580. The minimum Gasteiger partial charge on any atom is -0.438 e. The van der Waals surface area contributed by atoms with E-state index in [1.54, 1.807) is 25.3 Å². The molecule has 0 saturated heterocycles. The van der Waals surface area contributed by atoms with Gasteiger partial charge in [0.05, 0.1) is 0 Å². The molecule has 1 amide bonds. The Morgan fingerprint density at radius 2 is 2.30 bits per heavy atom. The molecule has 0 aliphatic heterocycles. The molecule has 1 aromatic carbocycles. The summed E-state index contributed by atoms with van der Waals surface area (Å²) in [4.78, 5) is 16.0. The number of nitrogens with zero attached hydrogens (tertiary/aromatic N) is 1. The van der Waals surface area contributed by atoms with Crippen LogP contribution in [0.5, 0.6) is 0 Å². The summed E-state index contributed by atoms with van der Waals surface area (Å²) in [6, 6.07) is 5.40. The standard InChI is InChI=1S/C14H19N3O3/c1-15-7-3-4-13(18)16-10-5-6-12-11(8-10)17-14(20-12)9-19-2/h5-6,8,15H,3-4,7,9H2,1-2H3,(H,16,18). The smallest absolute Gasteiger partial charge is 0.224 e. The van der Waals surface area contributed by atoms with Crippen LogP contribution >= 0.6 is 0 Å². The van der Waals surface area contributed by atoms with Crippen molar-refractivity contribution in [2.75, 3.05) is 26.0 Å². The van der Waals surface area contributed by atoms with Crippen molar-refractivity contribution in [3.63, 3.8) is 0 Å². The highest BCUT2D eigenvalue weighted by atomic mass is 16.5. The minimum atomic E-state index is 0.000194. The number of aromatic nitrogens is 1. The van der Waals surface area contributed by atoms with E-state index in [0.29, 0.717) is 30.0 Å². The van der Waals surface area contributed by atoms with Crippen LogP contribution in [0.15, 0.2) is 22.6 Å². The maximum absolute atomic E-state index is 11.7. The van der Waals surface area contributed by atoms with Gasteiger partial charge in [-0.05, 0) is 38.2 Å². The molecule has 0 saturated carbocycles. The van der Waals surface area contributed by atoms with Crippen LogP contribution < -0.4 is 10.6 Å². The molecule has 0 radical (unpaired) electrons. The zero-order chi connectivity index (χ0) is 14.4. The summed E-state index contributed by atoms with van der Waals surface area (Å²) in [6.07, 6.45) is 1.30. The van der Waals surface area contributed by atoms with Gasteiger partial charge in [-0.2, -0.15) is 0 Å². The van der Waals surface area contributed by atoms with Crippen molar-refractivity contribution in [1.29, 1.82) is 0 Å². The molecule has 0 bridgehead atoms. The Hall–Kier alpha value is -1.92. The van der Waals surface area contributed by atoms with Gasteiger partial charge in [0, 0.05) is 19.2 Å². The lowest BCUT2D eigenvalue weighted by molar-refractivity contribution is -0.116. The summed E-state index contributed by atoms with van der Waals surface area (Å²) in [5.74, 6) is 0.528. The number of benzene rings is 1. The molecule has 1 aromatic heterocycles. The van der Waals surface area contributed by atoms with E-state index in [4.69, 9.17) is 9.15 Å². The summed E-state index contributed by atoms with van der Waals surface area (Å²) in [5.41, 5.74) is 2.12. The Morgan fingerprint density at radius 3 is 3.05 bits per heavy atom. The maximum atomic E-state index is 11.7. The second kappa shape index (κ2) is 7.02. The summed E-state index contributed by atoms with van der Waals surface area (Å²) in [5, 5.41) is 5.87. The number of fused-ring (bicyclic) bond motifs is 1. The van der Waals surface area contributed by atoms with Gasteiger partial charge in [0.1, 0.15) is 12.1 Å². The molecule has 0 fully saturated rings. The Labute approximate surface area is 117 Å². The largest absolute Gasteiger partial charge is 0.438 e. The first-order valence-electron chi connectivity index (χ1n) is 6.56. The number of anilines is 1. The normalized spacial score (nSPS) is 10.9. The van der Waals surface area contributed by atoms with E-state index in [9.17, 15) is 4.79 Å². The number of nitrogens with one attached hydrogen (secondary N) is 2. The predicted octanol–water partition coefficient (Wildman–Crippen LogP) is 1.91. The molecular weight excluding hydrogens is 258 g/mol. The fourth-order valence-electron chi connectivity index (χ4n) is 1.89. The van der Waals surface area contributed by atoms with E-state index in [1.165, 1.54) is 0 Å². The van der Waals surface area contributed by atoms with Crippen LogP contribution in [-0.4, -0.2) is 31.6 Å². The summed E-state index contributed by atoms with van der Waals surface area (Å²) < 4.78 is 10.5. The Morgan fingerprint density at radius 1 is 1.45 bits per heavy atom. The topological polar surface area (TPSA) is 76.4 Å². The average molecular weight is 277 g/mol. The number of ether oxygens (including phenoxy) is 1. The number of carbonyl (C=O) groups is 1. The summed E-state index contributed by atoms with van der Waals surface area (Å²) in [6.45, 7) is 1.16. The van der Waals surface area contributed by atoms with Crippen molar-refractivity contribution < 1.29 is 13.9 Å². The average Bonchev–Trinajstić information content (AvgIpc) is 2.81. The SMILES string of the molecule is CNCCCC(=O)Nc1ccc2oc(COC)nc2c1. The number of amides is 1.